The first kappa shape index (κ1) is 15.1. The highest BCUT2D eigenvalue weighted by Crippen LogP contribution is 2.62. The van der Waals surface area contributed by atoms with E-state index in [2.05, 4.69) is 46.4 Å². The average molecular weight is 286 g/mol. The van der Waals surface area contributed by atoms with Crippen molar-refractivity contribution in [3.8, 4) is 0 Å². The predicted molar refractivity (Wildman–Crippen MR) is 88.0 cm³/mol. The van der Waals surface area contributed by atoms with Crippen LogP contribution in [0.5, 0.6) is 0 Å². The van der Waals surface area contributed by atoms with Gasteiger partial charge < -0.3 is 0 Å². The summed E-state index contributed by atoms with van der Waals surface area (Å²) >= 11 is 0. The van der Waals surface area contributed by atoms with Gasteiger partial charge in [0.2, 0.25) is 0 Å². The lowest BCUT2D eigenvalue weighted by atomic mass is 9.45. The van der Waals surface area contributed by atoms with Gasteiger partial charge in [0.25, 0.3) is 0 Å². The first-order valence-electron chi connectivity index (χ1n) is 8.59. The highest BCUT2D eigenvalue weighted by Gasteiger charge is 2.56. The quantitative estimate of drug-likeness (QED) is 0.596. The van der Waals surface area contributed by atoms with Gasteiger partial charge in [-0.25, -0.2) is 0 Å². The van der Waals surface area contributed by atoms with Crippen LogP contribution in [0.25, 0.3) is 0 Å². The molecular weight excluding hydrogens is 256 g/mol. The molecule has 3 rings (SSSR count). The number of ketones is 1. The van der Waals surface area contributed by atoms with Gasteiger partial charge in [0.05, 0.1) is 0 Å². The molecule has 0 aromatic heterocycles. The monoisotopic (exact) mass is 286 g/mol. The maximum absolute atomic E-state index is 12.4. The van der Waals surface area contributed by atoms with Gasteiger partial charge in [0.1, 0.15) is 5.78 Å². The summed E-state index contributed by atoms with van der Waals surface area (Å²) in [4.78, 5) is 12.4. The van der Waals surface area contributed by atoms with Crippen molar-refractivity contribution in [2.24, 2.45) is 28.1 Å². The molecule has 4 atom stereocenters. The second-order valence-electron chi connectivity index (χ2n) is 8.84. The number of fused-ring (bicyclic) bond motifs is 3. The molecule has 0 aliphatic heterocycles. The number of rotatable bonds is 1. The van der Waals surface area contributed by atoms with Gasteiger partial charge in [-0.05, 0) is 54.8 Å². The molecule has 0 bridgehead atoms. The molecule has 3 aliphatic rings. The zero-order valence-electron chi connectivity index (χ0n) is 14.2. The maximum atomic E-state index is 12.4. The Balaban J connectivity index is 1.97. The lowest BCUT2D eigenvalue weighted by molar-refractivity contribution is -0.143. The lowest BCUT2D eigenvalue weighted by Crippen LogP contribution is -2.53. The van der Waals surface area contributed by atoms with Gasteiger partial charge in [0, 0.05) is 11.8 Å². The Hall–Kier alpha value is -0.850. The van der Waals surface area contributed by atoms with Gasteiger partial charge in [-0.3, -0.25) is 4.79 Å². The summed E-state index contributed by atoms with van der Waals surface area (Å²) in [5, 5.41) is 0. The van der Waals surface area contributed by atoms with Crippen molar-refractivity contribution in [3.63, 3.8) is 0 Å². The summed E-state index contributed by atoms with van der Waals surface area (Å²) < 4.78 is 0. The smallest absolute Gasteiger partial charge is 0.138 e. The summed E-state index contributed by atoms with van der Waals surface area (Å²) in [6.45, 7) is 13.2. The number of carbonyl (C=O) groups excluding carboxylic acids is 1. The third-order valence-electron chi connectivity index (χ3n) is 7.24. The molecule has 0 radical (unpaired) electrons. The highest BCUT2D eigenvalue weighted by atomic mass is 16.1. The van der Waals surface area contributed by atoms with Crippen molar-refractivity contribution in [1.29, 1.82) is 0 Å². The fourth-order valence-corrected chi connectivity index (χ4v) is 5.63. The van der Waals surface area contributed by atoms with Crippen molar-refractivity contribution >= 4 is 5.78 Å². The van der Waals surface area contributed by atoms with Crippen LogP contribution in [0.3, 0.4) is 0 Å². The summed E-state index contributed by atoms with van der Waals surface area (Å²) in [5.74, 6) is 1.69. The van der Waals surface area contributed by atoms with Gasteiger partial charge in [-0.15, -0.1) is 6.58 Å². The zero-order valence-corrected chi connectivity index (χ0v) is 14.2. The number of Topliss-reactive ketones (excluding diaryl/α,β-unsaturated/α-hetero) is 1. The summed E-state index contributed by atoms with van der Waals surface area (Å²) in [7, 11) is 0. The average Bonchev–Trinajstić information content (AvgIpc) is 2.43. The van der Waals surface area contributed by atoms with Crippen molar-refractivity contribution in [2.75, 3.05) is 0 Å². The Labute approximate surface area is 129 Å². The van der Waals surface area contributed by atoms with Crippen LogP contribution >= 0.6 is 0 Å². The van der Waals surface area contributed by atoms with E-state index in [9.17, 15) is 4.79 Å². The molecule has 0 spiro atoms. The Morgan fingerprint density at radius 1 is 1.24 bits per heavy atom. The molecule has 21 heavy (non-hydrogen) atoms. The van der Waals surface area contributed by atoms with E-state index in [0.717, 1.165) is 19.3 Å². The van der Waals surface area contributed by atoms with Crippen LogP contribution < -0.4 is 0 Å². The van der Waals surface area contributed by atoms with Crippen LogP contribution in [0, 0.1) is 28.1 Å². The van der Waals surface area contributed by atoms with E-state index in [-0.39, 0.29) is 10.8 Å². The van der Waals surface area contributed by atoms with E-state index >= 15 is 0 Å². The molecule has 0 saturated heterocycles. The van der Waals surface area contributed by atoms with Crippen molar-refractivity contribution in [3.05, 3.63) is 24.3 Å². The summed E-state index contributed by atoms with van der Waals surface area (Å²) in [5.41, 5.74) is 2.12. The normalized spacial score (nSPS) is 45.3. The van der Waals surface area contributed by atoms with E-state index in [1.807, 2.05) is 0 Å². The van der Waals surface area contributed by atoms with Gasteiger partial charge in [-0.2, -0.15) is 0 Å². The highest BCUT2D eigenvalue weighted by molar-refractivity contribution is 5.85. The van der Waals surface area contributed by atoms with Crippen molar-refractivity contribution in [1.82, 2.24) is 0 Å². The summed E-state index contributed by atoms with van der Waals surface area (Å²) in [6, 6.07) is 0. The topological polar surface area (TPSA) is 17.1 Å². The Bertz CT molecular complexity index is 512. The van der Waals surface area contributed by atoms with Gasteiger partial charge in [-0.1, -0.05) is 45.4 Å². The minimum atomic E-state index is -0.145. The van der Waals surface area contributed by atoms with Crippen LogP contribution in [0.4, 0.5) is 0 Å². The second kappa shape index (κ2) is 4.57. The molecule has 0 heterocycles. The standard InChI is InChI=1S/C20H30O/c1-6-19(4)11-9-15-14(13-19)7-8-16-18(2,3)17(21)10-12-20(15,16)5/h6-7,15-16H,1,8-13H2,2-5H3/t15-,16?,19+,20+/m0/s1. The molecule has 0 amide bonds. The van der Waals surface area contributed by atoms with E-state index in [0.29, 0.717) is 23.0 Å². The van der Waals surface area contributed by atoms with E-state index in [4.69, 9.17) is 0 Å². The molecule has 116 valence electrons. The van der Waals surface area contributed by atoms with E-state index < -0.39 is 0 Å². The van der Waals surface area contributed by atoms with Crippen LogP contribution in [0.2, 0.25) is 0 Å². The third kappa shape index (κ3) is 2.07. The molecule has 1 unspecified atom stereocenters. The number of hydrogen-bond donors (Lipinski definition) is 0. The molecule has 0 aromatic carbocycles. The number of hydrogen-bond acceptors (Lipinski definition) is 1. The minimum absolute atomic E-state index is 0.145. The van der Waals surface area contributed by atoms with Crippen molar-refractivity contribution in [2.45, 2.75) is 66.2 Å². The molecule has 1 heteroatoms. The Kier molecular flexibility index (Phi) is 3.28. The Morgan fingerprint density at radius 2 is 1.95 bits per heavy atom. The van der Waals surface area contributed by atoms with Crippen LogP contribution in [0.15, 0.2) is 24.3 Å². The summed E-state index contributed by atoms with van der Waals surface area (Å²) in [6.07, 6.45) is 11.3. The fourth-order valence-electron chi connectivity index (χ4n) is 5.63. The third-order valence-corrected chi connectivity index (χ3v) is 7.24. The minimum Gasteiger partial charge on any atom is -0.299 e. The zero-order chi connectivity index (χ0) is 15.5. The molecule has 0 aromatic rings. The first-order chi connectivity index (χ1) is 9.73. The first-order valence-corrected chi connectivity index (χ1v) is 8.59. The molecule has 2 saturated carbocycles. The van der Waals surface area contributed by atoms with Crippen LogP contribution in [-0.2, 0) is 4.79 Å². The SMILES string of the molecule is C=C[C@]1(C)CC[C@H]2C(=CCC3C(C)(C)C(=O)CC[C@@]32C)C1. The van der Waals surface area contributed by atoms with Crippen LogP contribution in [-0.4, -0.2) is 5.78 Å². The second-order valence-corrected chi connectivity index (χ2v) is 8.84. The molecule has 2 fully saturated rings. The lowest BCUT2D eigenvalue weighted by Gasteiger charge is -2.58. The fraction of sp³-hybridized carbons (Fsp3) is 0.750. The van der Waals surface area contributed by atoms with Gasteiger partial charge >= 0.3 is 0 Å². The van der Waals surface area contributed by atoms with E-state index in [1.165, 1.54) is 19.3 Å². The largest absolute Gasteiger partial charge is 0.299 e. The molecular formula is C20H30O. The van der Waals surface area contributed by atoms with Gasteiger partial charge in [0.15, 0.2) is 0 Å². The van der Waals surface area contributed by atoms with Crippen LogP contribution in [0.1, 0.15) is 66.2 Å². The van der Waals surface area contributed by atoms with E-state index in [1.54, 1.807) is 5.57 Å². The number of carbonyl (C=O) groups is 1. The van der Waals surface area contributed by atoms with Crippen molar-refractivity contribution < 1.29 is 4.79 Å². The maximum Gasteiger partial charge on any atom is 0.138 e. The molecule has 1 nitrogen and oxygen atoms in total. The molecule has 0 N–H and O–H groups in total. The Morgan fingerprint density at radius 3 is 2.62 bits per heavy atom. The molecule has 3 aliphatic carbocycles. The predicted octanol–water partition coefficient (Wildman–Crippen LogP) is 5.32. The number of allylic oxidation sites excluding steroid dienone is 3.